The highest BCUT2D eigenvalue weighted by molar-refractivity contribution is 8.00. The number of carbonyl (C=O) groups excluding carboxylic acids is 3. The summed E-state index contributed by atoms with van der Waals surface area (Å²) >= 11 is 1.24. The van der Waals surface area contributed by atoms with E-state index in [0.717, 1.165) is 44.4 Å². The topological polar surface area (TPSA) is 168 Å². The molecule has 0 N–H and O–H groups in total. The van der Waals surface area contributed by atoms with E-state index in [2.05, 4.69) is 15.0 Å². The molecule has 2 saturated heterocycles. The lowest BCUT2D eigenvalue weighted by Gasteiger charge is -2.40. The third-order valence-electron chi connectivity index (χ3n) is 9.18. The fraction of sp³-hybridized carbons (Fsp3) is 0.436. The maximum absolute atomic E-state index is 15.7. The first-order chi connectivity index (χ1) is 27.9. The number of ether oxygens (including phenoxy) is 6. The molecular weight excluding hydrogens is 786 g/mol. The first-order valence-corrected chi connectivity index (χ1v) is 19.2. The fourth-order valence-corrected chi connectivity index (χ4v) is 7.30. The van der Waals surface area contributed by atoms with E-state index in [1.54, 1.807) is 25.2 Å². The molecule has 19 heteroatoms. The lowest BCUT2D eigenvalue weighted by atomic mass is 9.89. The van der Waals surface area contributed by atoms with Crippen LogP contribution in [0.2, 0.25) is 0 Å². The lowest BCUT2D eigenvalue weighted by Crippen LogP contribution is -2.47. The predicted octanol–water partition coefficient (Wildman–Crippen LogP) is 4.78. The zero-order chi connectivity index (χ0) is 41.5. The van der Waals surface area contributed by atoms with Crippen LogP contribution >= 0.6 is 11.8 Å². The van der Waals surface area contributed by atoms with Gasteiger partial charge in [-0.15, -0.1) is 11.8 Å². The number of esters is 2. The van der Waals surface area contributed by atoms with Crippen molar-refractivity contribution in [1.82, 2.24) is 24.6 Å². The molecule has 0 bridgehead atoms. The summed E-state index contributed by atoms with van der Waals surface area (Å²) in [4.78, 5) is 45.9. The van der Waals surface area contributed by atoms with Gasteiger partial charge in [0.1, 0.15) is 36.8 Å². The molecule has 15 nitrogen and oxygen atoms in total. The fourth-order valence-electron chi connectivity index (χ4n) is 5.94. The molecule has 1 aromatic heterocycles. The zero-order valence-corrected chi connectivity index (χ0v) is 32.7. The number of nitriles is 1. The van der Waals surface area contributed by atoms with E-state index < -0.39 is 59.5 Å². The van der Waals surface area contributed by atoms with E-state index in [1.807, 2.05) is 18.0 Å². The average molecular weight is 829 g/mol. The highest BCUT2D eigenvalue weighted by atomic mass is 32.2. The van der Waals surface area contributed by atoms with Crippen molar-refractivity contribution in [3.8, 4) is 6.07 Å². The second-order valence-electron chi connectivity index (χ2n) is 13.3. The van der Waals surface area contributed by atoms with Crippen LogP contribution in [-0.2, 0) is 50.2 Å². The Morgan fingerprint density at radius 3 is 2.41 bits per heavy atom. The summed E-state index contributed by atoms with van der Waals surface area (Å²) in [5.74, 6) is -3.84. The number of likely N-dealkylation sites (N-methyl/N-ethyl adjacent to an activating group) is 1. The molecule has 2 unspecified atom stereocenters. The van der Waals surface area contributed by atoms with Crippen molar-refractivity contribution in [2.24, 2.45) is 0 Å². The van der Waals surface area contributed by atoms with Gasteiger partial charge in [-0.2, -0.15) is 10.4 Å². The number of nitrogens with zero attached hydrogens (tertiary/aromatic N) is 6. The van der Waals surface area contributed by atoms with Gasteiger partial charge in [0.05, 0.1) is 49.5 Å². The van der Waals surface area contributed by atoms with Gasteiger partial charge in [0.15, 0.2) is 11.9 Å². The molecule has 0 radical (unpaired) electrons. The summed E-state index contributed by atoms with van der Waals surface area (Å²) in [6.07, 6.45) is 6.28. The van der Waals surface area contributed by atoms with Crippen LogP contribution < -0.4 is 0 Å². The highest BCUT2D eigenvalue weighted by Gasteiger charge is 2.47. The van der Waals surface area contributed by atoms with Gasteiger partial charge in [-0.1, -0.05) is 24.3 Å². The SMILES string of the molecule is CC(SC1COC(C=CC=Cc2ccc(C#N)cc2F)OC1)C(Cn1cncn1)(OC(=O)OCOC(=O)CCC(=O)OCN1CCN(C)CC1)c1ccc(F)cc1F. The van der Waals surface area contributed by atoms with Crippen molar-refractivity contribution >= 4 is 35.9 Å². The summed E-state index contributed by atoms with van der Waals surface area (Å²) in [5, 5.41) is 11.9. The van der Waals surface area contributed by atoms with Gasteiger partial charge in [-0.05, 0) is 44.3 Å². The number of benzene rings is 2. The third-order valence-corrected chi connectivity index (χ3v) is 10.6. The predicted molar refractivity (Wildman–Crippen MR) is 202 cm³/mol. The number of thioether (sulfide) groups is 1. The minimum atomic E-state index is -1.91. The maximum Gasteiger partial charge on any atom is 0.512 e. The molecule has 2 aliphatic heterocycles. The maximum atomic E-state index is 15.7. The van der Waals surface area contributed by atoms with Crippen molar-refractivity contribution in [1.29, 1.82) is 5.26 Å². The molecule has 2 fully saturated rings. The molecule has 2 aliphatic rings. The number of allylic oxidation sites excluding steroid dienone is 2. The van der Waals surface area contributed by atoms with Gasteiger partial charge >= 0.3 is 18.1 Å². The Morgan fingerprint density at radius 2 is 1.74 bits per heavy atom. The number of hydrogen-bond acceptors (Lipinski definition) is 15. The minimum absolute atomic E-state index is 0.113. The van der Waals surface area contributed by atoms with Gasteiger partial charge in [-0.3, -0.25) is 14.5 Å². The summed E-state index contributed by atoms with van der Waals surface area (Å²) in [6, 6.07) is 8.86. The van der Waals surface area contributed by atoms with Crippen LogP contribution in [0.4, 0.5) is 18.0 Å². The van der Waals surface area contributed by atoms with Gasteiger partial charge in [-0.25, -0.2) is 27.6 Å². The average Bonchev–Trinajstić information content (AvgIpc) is 3.72. The van der Waals surface area contributed by atoms with Crippen LogP contribution in [0.5, 0.6) is 0 Å². The Kier molecular flexibility index (Phi) is 16.2. The number of carbonyl (C=O) groups is 3. The smallest absolute Gasteiger partial charge is 0.449 e. The van der Waals surface area contributed by atoms with Gasteiger partial charge < -0.3 is 33.3 Å². The normalized spacial score (nSPS) is 19.3. The molecule has 2 atom stereocenters. The van der Waals surface area contributed by atoms with Crippen molar-refractivity contribution in [3.63, 3.8) is 0 Å². The zero-order valence-electron chi connectivity index (χ0n) is 31.8. The second kappa shape index (κ2) is 21.5. The van der Waals surface area contributed by atoms with Crippen molar-refractivity contribution in [3.05, 3.63) is 101 Å². The van der Waals surface area contributed by atoms with Crippen molar-refractivity contribution in [2.75, 3.05) is 60.0 Å². The van der Waals surface area contributed by atoms with E-state index in [-0.39, 0.29) is 55.7 Å². The molecule has 0 spiro atoms. The molecule has 0 saturated carbocycles. The number of piperazine rings is 1. The monoisotopic (exact) mass is 828 g/mol. The summed E-state index contributed by atoms with van der Waals surface area (Å²) in [7, 11) is 2.01. The van der Waals surface area contributed by atoms with Crippen LogP contribution in [0.25, 0.3) is 6.08 Å². The van der Waals surface area contributed by atoms with Crippen LogP contribution in [0.3, 0.4) is 0 Å². The van der Waals surface area contributed by atoms with Gasteiger partial charge in [0, 0.05) is 48.6 Å². The quantitative estimate of drug-likeness (QED) is 0.0789. The van der Waals surface area contributed by atoms with Crippen molar-refractivity contribution in [2.45, 2.75) is 48.7 Å². The summed E-state index contributed by atoms with van der Waals surface area (Å²) in [5.41, 5.74) is -1.60. The Labute approximate surface area is 337 Å². The Hall–Kier alpha value is -5.26. The summed E-state index contributed by atoms with van der Waals surface area (Å²) in [6.45, 7) is 4.13. The molecule has 0 amide bonds. The largest absolute Gasteiger partial charge is 0.512 e. The van der Waals surface area contributed by atoms with E-state index in [1.165, 1.54) is 47.3 Å². The van der Waals surface area contributed by atoms with Crippen LogP contribution in [-0.4, -0.2) is 119 Å². The molecule has 58 heavy (non-hydrogen) atoms. The standard InChI is InChI=1S/C39H43F3N6O9S/c1-27(58-31-20-52-37(53-21-31)6-4-3-5-29-8-7-28(19-43)17-33(29)41)39(22-48-24-44-23-45-48,32-10-9-30(40)18-34(32)42)57-38(51)56-26-55-36(50)12-11-35(49)54-25-47-15-13-46(2)14-16-47/h3-10,17-18,23-24,27,31,37H,11-16,20-22,25-26H2,1-2H3. The third kappa shape index (κ3) is 12.9. The lowest BCUT2D eigenvalue weighted by molar-refractivity contribution is -0.159. The van der Waals surface area contributed by atoms with Crippen LogP contribution in [0, 0.1) is 28.8 Å². The molecular formula is C39H43F3N6O9S. The van der Waals surface area contributed by atoms with Crippen LogP contribution in [0.15, 0.2) is 67.3 Å². The first-order valence-electron chi connectivity index (χ1n) is 18.2. The number of rotatable bonds is 17. The summed E-state index contributed by atoms with van der Waals surface area (Å²) < 4.78 is 78.3. The molecule has 3 aromatic rings. The molecule has 2 aromatic carbocycles. The Balaban J connectivity index is 1.18. The Bertz CT molecular complexity index is 1950. The van der Waals surface area contributed by atoms with Crippen LogP contribution in [0.1, 0.15) is 36.5 Å². The molecule has 5 rings (SSSR count). The van der Waals surface area contributed by atoms with E-state index >= 15 is 4.39 Å². The number of halogens is 3. The molecule has 0 aliphatic carbocycles. The van der Waals surface area contributed by atoms with Gasteiger partial charge in [0.25, 0.3) is 0 Å². The van der Waals surface area contributed by atoms with Crippen molar-refractivity contribution < 1.29 is 56.0 Å². The number of aromatic nitrogens is 3. The van der Waals surface area contributed by atoms with Gasteiger partial charge in [0.2, 0.25) is 6.79 Å². The minimum Gasteiger partial charge on any atom is -0.449 e. The van der Waals surface area contributed by atoms with E-state index in [9.17, 15) is 23.2 Å². The number of hydrogen-bond donors (Lipinski definition) is 0. The first kappa shape index (κ1) is 43.9. The second-order valence-corrected chi connectivity index (χ2v) is 15.0. The van der Waals surface area contributed by atoms with E-state index in [0.29, 0.717) is 11.6 Å². The highest BCUT2D eigenvalue weighted by Crippen LogP contribution is 2.42. The van der Waals surface area contributed by atoms with E-state index in [4.69, 9.17) is 33.7 Å². The Morgan fingerprint density at radius 1 is 1.00 bits per heavy atom. The molecule has 3 heterocycles. The molecule has 310 valence electrons.